The summed E-state index contributed by atoms with van der Waals surface area (Å²) in [6, 6.07) is 0. The minimum Gasteiger partial charge on any atom is -0.391 e. The van der Waals surface area contributed by atoms with Gasteiger partial charge < -0.3 is 4.84 Å². The lowest BCUT2D eigenvalue weighted by atomic mass is 10.3. The minimum atomic E-state index is 0.325. The molecule has 64 valence electrons. The first-order valence-corrected chi connectivity index (χ1v) is 4.23. The Morgan fingerprint density at radius 2 is 2.55 bits per heavy atom. The molecule has 0 radical (unpaired) electrons. The van der Waals surface area contributed by atoms with E-state index in [1.807, 2.05) is 6.92 Å². The molecule has 1 aliphatic heterocycles. The lowest BCUT2D eigenvalue weighted by molar-refractivity contribution is 0.0665. The van der Waals surface area contributed by atoms with Gasteiger partial charge in [-0.2, -0.15) is 0 Å². The number of hydrogen-bond donors (Lipinski definition) is 0. The van der Waals surface area contributed by atoms with Gasteiger partial charge in [0.25, 0.3) is 0 Å². The standard InChI is InChI=1S/C8H16N2O/c1-3-9-11-8-5-6-10(4-2)7-8/h3,8H,4-7H2,1-2H3. The first kappa shape index (κ1) is 8.53. The molecule has 1 aliphatic rings. The number of likely N-dealkylation sites (N-methyl/N-ethyl adjacent to an activating group) is 1. The zero-order valence-electron chi connectivity index (χ0n) is 7.29. The number of oxime groups is 1. The van der Waals surface area contributed by atoms with Gasteiger partial charge in [-0.25, -0.2) is 0 Å². The first-order valence-electron chi connectivity index (χ1n) is 4.23. The van der Waals surface area contributed by atoms with Gasteiger partial charge in [0.2, 0.25) is 0 Å². The van der Waals surface area contributed by atoms with Gasteiger partial charge >= 0.3 is 0 Å². The molecule has 0 aromatic heterocycles. The van der Waals surface area contributed by atoms with Crippen LogP contribution in [0.2, 0.25) is 0 Å². The highest BCUT2D eigenvalue weighted by Gasteiger charge is 2.21. The van der Waals surface area contributed by atoms with Crippen molar-refractivity contribution in [3.8, 4) is 0 Å². The van der Waals surface area contributed by atoms with Crippen molar-refractivity contribution < 1.29 is 4.84 Å². The normalized spacial score (nSPS) is 26.5. The molecule has 3 nitrogen and oxygen atoms in total. The highest BCUT2D eigenvalue weighted by Crippen LogP contribution is 2.11. The maximum Gasteiger partial charge on any atom is 0.141 e. The van der Waals surface area contributed by atoms with E-state index in [4.69, 9.17) is 4.84 Å². The second-order valence-electron chi connectivity index (χ2n) is 2.77. The van der Waals surface area contributed by atoms with Crippen LogP contribution in [-0.4, -0.2) is 36.9 Å². The second kappa shape index (κ2) is 4.34. The maximum atomic E-state index is 5.21. The molecule has 1 rings (SSSR count). The third-order valence-electron chi connectivity index (χ3n) is 1.99. The van der Waals surface area contributed by atoms with Crippen molar-refractivity contribution in [3.05, 3.63) is 0 Å². The van der Waals surface area contributed by atoms with E-state index in [2.05, 4.69) is 17.0 Å². The van der Waals surface area contributed by atoms with Gasteiger partial charge in [0, 0.05) is 25.7 Å². The molecule has 1 saturated heterocycles. The van der Waals surface area contributed by atoms with E-state index in [1.165, 1.54) is 0 Å². The Hall–Kier alpha value is -0.570. The molecule has 0 bridgehead atoms. The van der Waals surface area contributed by atoms with Crippen LogP contribution in [0.15, 0.2) is 5.16 Å². The molecule has 1 atom stereocenters. The topological polar surface area (TPSA) is 24.8 Å². The predicted octanol–water partition coefficient (Wildman–Crippen LogP) is 1.10. The van der Waals surface area contributed by atoms with Gasteiger partial charge in [-0.15, -0.1) is 0 Å². The van der Waals surface area contributed by atoms with Crippen LogP contribution in [0.4, 0.5) is 0 Å². The lowest BCUT2D eigenvalue weighted by Gasteiger charge is -2.11. The van der Waals surface area contributed by atoms with E-state index < -0.39 is 0 Å². The first-order chi connectivity index (χ1) is 5.36. The van der Waals surface area contributed by atoms with E-state index in [9.17, 15) is 0 Å². The van der Waals surface area contributed by atoms with E-state index in [0.29, 0.717) is 6.10 Å². The number of hydrogen-bond acceptors (Lipinski definition) is 3. The molecule has 1 unspecified atom stereocenters. The number of likely N-dealkylation sites (tertiary alicyclic amines) is 1. The van der Waals surface area contributed by atoms with Crippen molar-refractivity contribution in [3.63, 3.8) is 0 Å². The largest absolute Gasteiger partial charge is 0.391 e. The molecular formula is C8H16N2O. The molecule has 0 aliphatic carbocycles. The summed E-state index contributed by atoms with van der Waals surface area (Å²) in [7, 11) is 0. The lowest BCUT2D eigenvalue weighted by Crippen LogP contribution is -2.21. The molecule has 0 aromatic carbocycles. The summed E-state index contributed by atoms with van der Waals surface area (Å²) in [4.78, 5) is 7.58. The molecule has 0 spiro atoms. The Kier molecular flexibility index (Phi) is 3.36. The summed E-state index contributed by atoms with van der Waals surface area (Å²) in [6.07, 6.45) is 3.13. The van der Waals surface area contributed by atoms with Gasteiger partial charge in [-0.05, 0) is 13.5 Å². The summed E-state index contributed by atoms with van der Waals surface area (Å²) >= 11 is 0. The van der Waals surface area contributed by atoms with Crippen LogP contribution < -0.4 is 0 Å². The van der Waals surface area contributed by atoms with E-state index in [-0.39, 0.29) is 0 Å². The van der Waals surface area contributed by atoms with Crippen LogP contribution in [0.3, 0.4) is 0 Å². The summed E-state index contributed by atoms with van der Waals surface area (Å²) in [5.41, 5.74) is 0. The average Bonchev–Trinajstić information content (AvgIpc) is 2.48. The third kappa shape index (κ3) is 2.50. The molecule has 3 heteroatoms. The molecule has 0 amide bonds. The summed E-state index contributed by atoms with van der Waals surface area (Å²) < 4.78 is 0. The van der Waals surface area contributed by atoms with Gasteiger partial charge in [0.05, 0.1) is 0 Å². The van der Waals surface area contributed by atoms with Gasteiger partial charge in [-0.1, -0.05) is 12.1 Å². The molecule has 0 saturated carbocycles. The minimum absolute atomic E-state index is 0.325. The molecule has 0 aromatic rings. The predicted molar refractivity (Wildman–Crippen MR) is 45.8 cm³/mol. The van der Waals surface area contributed by atoms with Gasteiger partial charge in [0.1, 0.15) is 6.10 Å². The Labute approximate surface area is 68.0 Å². The van der Waals surface area contributed by atoms with Crippen LogP contribution >= 0.6 is 0 Å². The van der Waals surface area contributed by atoms with E-state index >= 15 is 0 Å². The van der Waals surface area contributed by atoms with Crippen LogP contribution in [0.5, 0.6) is 0 Å². The monoisotopic (exact) mass is 156 g/mol. The second-order valence-corrected chi connectivity index (χ2v) is 2.77. The molecule has 1 heterocycles. The van der Waals surface area contributed by atoms with E-state index in [1.54, 1.807) is 6.21 Å². The number of nitrogens with zero attached hydrogens (tertiary/aromatic N) is 2. The summed E-state index contributed by atoms with van der Waals surface area (Å²) in [6.45, 7) is 7.35. The van der Waals surface area contributed by atoms with Crippen LogP contribution in [0.25, 0.3) is 0 Å². The van der Waals surface area contributed by atoms with E-state index in [0.717, 1.165) is 26.1 Å². The highest BCUT2D eigenvalue weighted by atomic mass is 16.6. The molecule has 1 fully saturated rings. The van der Waals surface area contributed by atoms with Crippen molar-refractivity contribution in [2.75, 3.05) is 19.6 Å². The smallest absolute Gasteiger partial charge is 0.141 e. The maximum absolute atomic E-state index is 5.21. The molecule has 0 N–H and O–H groups in total. The molecular weight excluding hydrogens is 140 g/mol. The van der Waals surface area contributed by atoms with Crippen molar-refractivity contribution in [2.24, 2.45) is 5.16 Å². The van der Waals surface area contributed by atoms with Gasteiger partial charge in [0.15, 0.2) is 0 Å². The zero-order chi connectivity index (χ0) is 8.10. The number of rotatable bonds is 3. The Morgan fingerprint density at radius 1 is 1.73 bits per heavy atom. The Morgan fingerprint density at radius 3 is 3.09 bits per heavy atom. The quantitative estimate of drug-likeness (QED) is 0.451. The third-order valence-corrected chi connectivity index (χ3v) is 1.99. The SMILES string of the molecule is CC=NOC1CCN(CC)C1. The van der Waals surface area contributed by atoms with Crippen molar-refractivity contribution in [1.29, 1.82) is 0 Å². The summed E-state index contributed by atoms with van der Waals surface area (Å²) in [5.74, 6) is 0. The fraction of sp³-hybridized carbons (Fsp3) is 0.875. The van der Waals surface area contributed by atoms with Crippen LogP contribution in [0, 0.1) is 0 Å². The summed E-state index contributed by atoms with van der Waals surface area (Å²) in [5, 5.41) is 3.77. The fourth-order valence-corrected chi connectivity index (χ4v) is 1.32. The van der Waals surface area contributed by atoms with Gasteiger partial charge in [-0.3, -0.25) is 4.90 Å². The highest BCUT2D eigenvalue weighted by molar-refractivity contribution is 5.52. The Bertz CT molecular complexity index is 136. The molecule has 11 heavy (non-hydrogen) atoms. The van der Waals surface area contributed by atoms with Crippen molar-refractivity contribution in [2.45, 2.75) is 26.4 Å². The average molecular weight is 156 g/mol. The zero-order valence-corrected chi connectivity index (χ0v) is 7.29. The van der Waals surface area contributed by atoms with Crippen LogP contribution in [0.1, 0.15) is 20.3 Å². The fourth-order valence-electron chi connectivity index (χ4n) is 1.32. The van der Waals surface area contributed by atoms with Crippen molar-refractivity contribution >= 4 is 6.21 Å². The van der Waals surface area contributed by atoms with Crippen molar-refractivity contribution in [1.82, 2.24) is 4.90 Å². The van der Waals surface area contributed by atoms with Crippen LogP contribution in [-0.2, 0) is 4.84 Å². The Balaban J connectivity index is 2.19.